The predicted octanol–water partition coefficient (Wildman–Crippen LogP) is 5.19. The molecule has 1 aromatic heterocycles. The highest BCUT2D eigenvalue weighted by Crippen LogP contribution is 2.32. The Balaban J connectivity index is 1.69. The predicted molar refractivity (Wildman–Crippen MR) is 94.7 cm³/mol. The number of hydrogen-bond acceptors (Lipinski definition) is 5. The van der Waals surface area contributed by atoms with Crippen molar-refractivity contribution in [3.63, 3.8) is 0 Å². The molecule has 0 unspecified atom stereocenters. The Morgan fingerprint density at radius 2 is 1.93 bits per heavy atom. The van der Waals surface area contributed by atoms with Gasteiger partial charge in [0.05, 0.1) is 29.5 Å². The second-order valence-corrected chi connectivity index (χ2v) is 6.36. The molecule has 4 nitrogen and oxygen atoms in total. The van der Waals surface area contributed by atoms with E-state index in [2.05, 4.69) is 4.98 Å². The number of thiazole rings is 1. The zero-order valence-electron chi connectivity index (χ0n) is 14.1. The maximum absolute atomic E-state index is 12.7. The third kappa shape index (κ3) is 4.46. The Labute approximate surface area is 157 Å². The summed E-state index contributed by atoms with van der Waals surface area (Å²) in [4.78, 5) is 16.4. The fourth-order valence-corrected chi connectivity index (χ4v) is 3.20. The van der Waals surface area contributed by atoms with Crippen molar-refractivity contribution in [2.24, 2.45) is 0 Å². The van der Waals surface area contributed by atoms with Crippen molar-refractivity contribution in [1.82, 2.24) is 4.98 Å². The zero-order chi connectivity index (χ0) is 19.4. The van der Waals surface area contributed by atoms with Gasteiger partial charge in [-0.1, -0.05) is 18.2 Å². The summed E-state index contributed by atoms with van der Waals surface area (Å²) in [5, 5.41) is 2.42. The molecule has 3 aromatic rings. The number of nitrogens with zero attached hydrogens (tertiary/aromatic N) is 1. The fraction of sp³-hybridized carbons (Fsp3) is 0.158. The van der Waals surface area contributed by atoms with Crippen molar-refractivity contribution in [1.29, 1.82) is 0 Å². The molecular formula is C19H14F3NO3S. The monoisotopic (exact) mass is 393 g/mol. The van der Waals surface area contributed by atoms with Gasteiger partial charge in [0.25, 0.3) is 0 Å². The second-order valence-electron chi connectivity index (χ2n) is 5.50. The molecule has 0 amide bonds. The van der Waals surface area contributed by atoms with Gasteiger partial charge in [0.15, 0.2) is 0 Å². The van der Waals surface area contributed by atoms with Gasteiger partial charge in [-0.05, 0) is 30.3 Å². The number of alkyl halides is 3. The van der Waals surface area contributed by atoms with E-state index in [1.165, 1.54) is 23.5 Å². The van der Waals surface area contributed by atoms with Gasteiger partial charge in [-0.15, -0.1) is 11.3 Å². The number of aromatic nitrogens is 1. The van der Waals surface area contributed by atoms with Gasteiger partial charge in [0.1, 0.15) is 17.4 Å². The quantitative estimate of drug-likeness (QED) is 0.560. The van der Waals surface area contributed by atoms with Crippen LogP contribution in [-0.4, -0.2) is 18.1 Å². The number of hydrogen-bond donors (Lipinski definition) is 0. The lowest BCUT2D eigenvalue weighted by Crippen LogP contribution is -2.09. The summed E-state index contributed by atoms with van der Waals surface area (Å²) in [5.74, 6) is -0.174. The maximum atomic E-state index is 12.7. The molecule has 0 saturated carbocycles. The lowest BCUT2D eigenvalue weighted by molar-refractivity contribution is -0.137. The summed E-state index contributed by atoms with van der Waals surface area (Å²) in [5.41, 5.74) is 0.246. The van der Waals surface area contributed by atoms with Gasteiger partial charge < -0.3 is 9.47 Å². The van der Waals surface area contributed by atoms with Crippen LogP contribution in [0.3, 0.4) is 0 Å². The zero-order valence-corrected chi connectivity index (χ0v) is 14.9. The molecule has 1 heterocycles. The Morgan fingerprint density at radius 1 is 1.15 bits per heavy atom. The summed E-state index contributed by atoms with van der Waals surface area (Å²) in [6.45, 7) is -0.138. The molecule has 140 valence electrons. The van der Waals surface area contributed by atoms with E-state index in [0.717, 1.165) is 17.7 Å². The number of rotatable bonds is 5. The first-order valence-electron chi connectivity index (χ1n) is 7.80. The first-order chi connectivity index (χ1) is 12.9. The topological polar surface area (TPSA) is 48.4 Å². The van der Waals surface area contributed by atoms with Gasteiger partial charge in [0.2, 0.25) is 0 Å². The number of benzene rings is 2. The summed E-state index contributed by atoms with van der Waals surface area (Å²) >= 11 is 1.35. The van der Waals surface area contributed by atoms with E-state index in [9.17, 15) is 18.0 Å². The Hall–Kier alpha value is -2.87. The van der Waals surface area contributed by atoms with Crippen molar-refractivity contribution in [3.8, 4) is 16.3 Å². The van der Waals surface area contributed by atoms with E-state index < -0.39 is 17.7 Å². The summed E-state index contributed by atoms with van der Waals surface area (Å²) in [7, 11) is 1.56. The summed E-state index contributed by atoms with van der Waals surface area (Å²) in [6.07, 6.45) is -4.52. The van der Waals surface area contributed by atoms with E-state index in [1.54, 1.807) is 12.5 Å². The molecule has 27 heavy (non-hydrogen) atoms. The Kier molecular flexibility index (Phi) is 5.46. The molecular weight excluding hydrogens is 379 g/mol. The molecule has 0 saturated heterocycles. The molecule has 0 atom stereocenters. The standard InChI is InChI=1S/C19H14F3NO3S/c1-25-16-8-3-2-7-15(16)17-23-14(11-27-17)10-26-18(24)12-5-4-6-13(9-12)19(20,21)22/h2-9,11H,10H2,1H3. The van der Waals surface area contributed by atoms with Crippen LogP contribution in [0.4, 0.5) is 13.2 Å². The molecule has 0 aliphatic rings. The number of para-hydroxylation sites is 1. The Bertz CT molecular complexity index is 953. The number of methoxy groups -OCH3 is 1. The van der Waals surface area contributed by atoms with Crippen LogP contribution < -0.4 is 4.74 Å². The average Bonchev–Trinajstić information content (AvgIpc) is 3.14. The van der Waals surface area contributed by atoms with Crippen molar-refractivity contribution in [3.05, 3.63) is 70.7 Å². The lowest BCUT2D eigenvalue weighted by Gasteiger charge is -2.08. The van der Waals surface area contributed by atoms with Crippen molar-refractivity contribution in [2.45, 2.75) is 12.8 Å². The summed E-state index contributed by atoms with van der Waals surface area (Å²) in [6, 6.07) is 11.5. The molecule has 0 N–H and O–H groups in total. The highest BCUT2D eigenvalue weighted by atomic mass is 32.1. The fourth-order valence-electron chi connectivity index (χ4n) is 2.36. The van der Waals surface area contributed by atoms with Crippen LogP contribution in [0.2, 0.25) is 0 Å². The van der Waals surface area contributed by atoms with E-state index in [0.29, 0.717) is 16.5 Å². The van der Waals surface area contributed by atoms with Gasteiger partial charge >= 0.3 is 12.1 Å². The number of ether oxygens (including phenoxy) is 2. The molecule has 0 fully saturated rings. The van der Waals surface area contributed by atoms with Gasteiger partial charge in [-0.3, -0.25) is 0 Å². The molecule has 0 bridgehead atoms. The van der Waals surface area contributed by atoms with Crippen LogP contribution in [-0.2, 0) is 17.5 Å². The third-order valence-electron chi connectivity index (χ3n) is 3.67. The minimum atomic E-state index is -4.52. The maximum Gasteiger partial charge on any atom is 0.416 e. The van der Waals surface area contributed by atoms with E-state index >= 15 is 0 Å². The van der Waals surface area contributed by atoms with Gasteiger partial charge in [-0.25, -0.2) is 9.78 Å². The van der Waals surface area contributed by atoms with Crippen LogP contribution in [0.5, 0.6) is 5.75 Å². The number of carbonyl (C=O) groups is 1. The molecule has 8 heteroatoms. The van der Waals surface area contributed by atoms with E-state index in [4.69, 9.17) is 9.47 Å². The average molecular weight is 393 g/mol. The molecule has 3 rings (SSSR count). The number of esters is 1. The largest absolute Gasteiger partial charge is 0.496 e. The lowest BCUT2D eigenvalue weighted by atomic mass is 10.1. The minimum Gasteiger partial charge on any atom is -0.496 e. The second kappa shape index (κ2) is 7.79. The number of carbonyl (C=O) groups excluding carboxylic acids is 1. The third-order valence-corrected chi connectivity index (χ3v) is 4.59. The molecule has 0 spiro atoms. The van der Waals surface area contributed by atoms with Crippen molar-refractivity contribution < 1.29 is 27.4 Å². The normalized spacial score (nSPS) is 11.3. The van der Waals surface area contributed by atoms with Crippen molar-refractivity contribution in [2.75, 3.05) is 7.11 Å². The summed E-state index contributed by atoms with van der Waals surface area (Å²) < 4.78 is 48.6. The van der Waals surface area contributed by atoms with Crippen LogP contribution in [0.15, 0.2) is 53.9 Å². The van der Waals surface area contributed by atoms with Crippen LogP contribution in [0.25, 0.3) is 10.6 Å². The van der Waals surface area contributed by atoms with Crippen molar-refractivity contribution >= 4 is 17.3 Å². The van der Waals surface area contributed by atoms with Gasteiger partial charge in [-0.2, -0.15) is 13.2 Å². The molecule has 0 aliphatic heterocycles. The molecule has 2 aromatic carbocycles. The Morgan fingerprint density at radius 3 is 2.67 bits per heavy atom. The minimum absolute atomic E-state index is 0.138. The first kappa shape index (κ1) is 18.9. The van der Waals surface area contributed by atoms with Crippen LogP contribution >= 0.6 is 11.3 Å². The smallest absolute Gasteiger partial charge is 0.416 e. The molecule has 0 aliphatic carbocycles. The highest BCUT2D eigenvalue weighted by Gasteiger charge is 2.31. The highest BCUT2D eigenvalue weighted by molar-refractivity contribution is 7.13. The first-order valence-corrected chi connectivity index (χ1v) is 8.68. The van der Waals surface area contributed by atoms with Crippen LogP contribution in [0.1, 0.15) is 21.6 Å². The number of halogens is 3. The van der Waals surface area contributed by atoms with Crippen LogP contribution in [0, 0.1) is 0 Å². The van der Waals surface area contributed by atoms with Gasteiger partial charge in [0, 0.05) is 5.38 Å². The molecule has 0 radical (unpaired) electrons. The van der Waals surface area contributed by atoms with E-state index in [1.807, 2.05) is 24.3 Å². The SMILES string of the molecule is COc1ccccc1-c1nc(COC(=O)c2cccc(C(F)(F)F)c2)cs1. The van der Waals surface area contributed by atoms with E-state index in [-0.39, 0.29) is 12.2 Å².